The molecule has 2 aliphatic rings. The van der Waals surface area contributed by atoms with Crippen molar-refractivity contribution in [2.45, 2.75) is 38.0 Å². The summed E-state index contributed by atoms with van der Waals surface area (Å²) >= 11 is 0. The van der Waals surface area contributed by atoms with Crippen LogP contribution < -0.4 is 0 Å². The maximum atomic E-state index is 13.4. The van der Waals surface area contributed by atoms with Crippen LogP contribution in [0.3, 0.4) is 0 Å². The van der Waals surface area contributed by atoms with E-state index in [1.54, 1.807) is 18.2 Å². The third-order valence-electron chi connectivity index (χ3n) is 5.11. The Hall–Kier alpha value is -2.05. The molecule has 0 saturated heterocycles. The molecule has 0 spiro atoms. The average Bonchev–Trinajstić information content (AvgIpc) is 3.24. The van der Waals surface area contributed by atoms with Gasteiger partial charge in [-0.15, -0.1) is 0 Å². The van der Waals surface area contributed by atoms with Crippen LogP contribution in [0.5, 0.6) is 0 Å². The third kappa shape index (κ3) is 2.65. The van der Waals surface area contributed by atoms with Crippen molar-refractivity contribution in [1.82, 2.24) is 4.98 Å². The number of hydrogen-bond acceptors (Lipinski definition) is 4. The molecule has 4 nitrogen and oxygen atoms in total. The first-order chi connectivity index (χ1) is 11.4. The zero-order chi connectivity index (χ0) is 16.9. The molecule has 0 unspecified atom stereocenters. The number of oxazole rings is 1. The predicted molar refractivity (Wildman–Crippen MR) is 77.8 cm³/mol. The van der Waals surface area contributed by atoms with E-state index in [0.29, 0.717) is 17.9 Å². The number of rotatable bonds is 3. The number of aromatic nitrogens is 1. The minimum Gasteiger partial charge on any atom is -0.442 e. The van der Waals surface area contributed by atoms with E-state index in [0.717, 1.165) is 19.3 Å². The van der Waals surface area contributed by atoms with Gasteiger partial charge in [0.25, 0.3) is 6.10 Å². The van der Waals surface area contributed by atoms with E-state index in [9.17, 15) is 18.0 Å². The molecule has 1 heterocycles. The number of esters is 1. The van der Waals surface area contributed by atoms with E-state index in [1.165, 1.54) is 6.07 Å². The summed E-state index contributed by atoms with van der Waals surface area (Å²) in [4.78, 5) is 16.1. The maximum absolute atomic E-state index is 13.4. The number of ether oxygens (including phenoxy) is 1. The highest BCUT2D eigenvalue weighted by molar-refractivity contribution is 5.74. The molecule has 0 N–H and O–H groups in total. The fourth-order valence-electron chi connectivity index (χ4n) is 4.00. The first-order valence-electron chi connectivity index (χ1n) is 8.04. The summed E-state index contributed by atoms with van der Waals surface area (Å²) in [5.74, 6) is -1.24. The lowest BCUT2D eigenvalue weighted by Gasteiger charge is -2.23. The average molecular weight is 339 g/mol. The summed E-state index contributed by atoms with van der Waals surface area (Å²) in [5.41, 5.74) is 0.537. The highest BCUT2D eigenvalue weighted by Gasteiger charge is 2.51. The molecule has 2 fully saturated rings. The number of benzene rings is 1. The predicted octanol–water partition coefficient (Wildman–Crippen LogP) is 4.41. The number of carbonyl (C=O) groups excluding carboxylic acids is 1. The smallest absolute Gasteiger partial charge is 0.434 e. The van der Waals surface area contributed by atoms with Crippen molar-refractivity contribution in [2.24, 2.45) is 17.8 Å². The zero-order valence-corrected chi connectivity index (χ0v) is 12.8. The summed E-state index contributed by atoms with van der Waals surface area (Å²) < 4.78 is 50.2. The number of alkyl halides is 3. The minimum atomic E-state index is -4.77. The molecule has 2 aromatic rings. The van der Waals surface area contributed by atoms with E-state index >= 15 is 0 Å². The quantitative estimate of drug-likeness (QED) is 0.777. The van der Waals surface area contributed by atoms with E-state index in [1.807, 2.05) is 0 Å². The van der Waals surface area contributed by atoms with Crippen LogP contribution in [0.1, 0.15) is 37.7 Å². The van der Waals surface area contributed by atoms with Gasteiger partial charge in [0.15, 0.2) is 5.58 Å². The number of para-hydroxylation sites is 2. The van der Waals surface area contributed by atoms with Crippen molar-refractivity contribution in [3.8, 4) is 0 Å². The van der Waals surface area contributed by atoms with Crippen LogP contribution >= 0.6 is 0 Å². The van der Waals surface area contributed by atoms with Gasteiger partial charge in [-0.3, -0.25) is 4.79 Å². The van der Waals surface area contributed by atoms with E-state index in [2.05, 4.69) is 4.98 Å². The van der Waals surface area contributed by atoms with Crippen LogP contribution in [-0.2, 0) is 9.53 Å². The molecule has 2 bridgehead atoms. The van der Waals surface area contributed by atoms with Gasteiger partial charge in [-0.1, -0.05) is 18.6 Å². The van der Waals surface area contributed by atoms with Crippen LogP contribution in [0.2, 0.25) is 0 Å². The lowest BCUT2D eigenvalue weighted by atomic mass is 9.89. The van der Waals surface area contributed by atoms with Crippen LogP contribution in [0, 0.1) is 17.8 Å². The monoisotopic (exact) mass is 339 g/mol. The van der Waals surface area contributed by atoms with Crippen LogP contribution in [0.15, 0.2) is 28.7 Å². The molecular formula is C17H16F3NO3. The molecule has 1 aromatic heterocycles. The van der Waals surface area contributed by atoms with Gasteiger partial charge in [-0.2, -0.15) is 13.2 Å². The highest BCUT2D eigenvalue weighted by Crippen LogP contribution is 2.49. The largest absolute Gasteiger partial charge is 0.442 e. The normalized spacial score (nSPS) is 27.5. The Morgan fingerprint density at radius 2 is 2.04 bits per heavy atom. The van der Waals surface area contributed by atoms with Crippen LogP contribution in [-0.4, -0.2) is 17.1 Å². The van der Waals surface area contributed by atoms with Gasteiger partial charge in [0, 0.05) is 0 Å². The maximum Gasteiger partial charge on any atom is 0.434 e. The fraction of sp³-hybridized carbons (Fsp3) is 0.529. The Balaban J connectivity index is 1.59. The van der Waals surface area contributed by atoms with Crippen LogP contribution in [0.4, 0.5) is 13.2 Å². The van der Waals surface area contributed by atoms with Crippen molar-refractivity contribution in [1.29, 1.82) is 0 Å². The van der Waals surface area contributed by atoms with Gasteiger partial charge in [-0.05, 0) is 43.2 Å². The molecule has 4 rings (SSSR count). The molecule has 7 heteroatoms. The summed E-state index contributed by atoms with van der Waals surface area (Å²) in [6.07, 6.45) is -3.74. The second kappa shape index (κ2) is 5.50. The van der Waals surface area contributed by atoms with E-state index in [4.69, 9.17) is 9.15 Å². The zero-order valence-electron chi connectivity index (χ0n) is 12.8. The summed E-state index contributed by atoms with van der Waals surface area (Å²) in [6.45, 7) is 0. The molecule has 2 aliphatic carbocycles. The summed E-state index contributed by atoms with van der Waals surface area (Å²) in [7, 11) is 0. The Morgan fingerprint density at radius 1 is 1.25 bits per heavy atom. The SMILES string of the molecule is O=C(O[C@@H](c1nc2ccccc2o1)C(F)(F)F)[C@@H]1C[C@H]2CC[C@H]1C2. The first-order valence-corrected chi connectivity index (χ1v) is 8.04. The van der Waals surface area contributed by atoms with Crippen molar-refractivity contribution in [3.63, 3.8) is 0 Å². The molecule has 2 saturated carbocycles. The molecule has 1 aromatic carbocycles. The number of hydrogen-bond donors (Lipinski definition) is 0. The van der Waals surface area contributed by atoms with Gasteiger partial charge in [-0.25, -0.2) is 4.98 Å². The molecule has 128 valence electrons. The van der Waals surface area contributed by atoms with Crippen molar-refractivity contribution >= 4 is 17.1 Å². The molecule has 0 aliphatic heterocycles. The summed E-state index contributed by atoms with van der Waals surface area (Å²) in [5, 5.41) is 0. The molecular weight excluding hydrogens is 323 g/mol. The topological polar surface area (TPSA) is 52.3 Å². The molecule has 4 atom stereocenters. The molecule has 0 radical (unpaired) electrons. The molecule has 0 amide bonds. The van der Waals surface area contributed by atoms with E-state index < -0.39 is 30.1 Å². The van der Waals surface area contributed by atoms with Crippen molar-refractivity contribution in [3.05, 3.63) is 30.2 Å². The number of carbonyl (C=O) groups is 1. The highest BCUT2D eigenvalue weighted by atomic mass is 19.4. The Morgan fingerprint density at radius 3 is 2.67 bits per heavy atom. The Bertz CT molecular complexity index is 737. The second-order valence-electron chi connectivity index (χ2n) is 6.66. The van der Waals surface area contributed by atoms with E-state index in [-0.39, 0.29) is 11.5 Å². The number of halogens is 3. The third-order valence-corrected chi connectivity index (χ3v) is 5.11. The lowest BCUT2D eigenvalue weighted by Crippen LogP contribution is -2.31. The number of fused-ring (bicyclic) bond motifs is 3. The van der Waals surface area contributed by atoms with Gasteiger partial charge in [0.1, 0.15) is 5.52 Å². The fourth-order valence-corrected chi connectivity index (χ4v) is 4.00. The summed E-state index contributed by atoms with van der Waals surface area (Å²) in [6, 6.07) is 6.37. The molecule has 24 heavy (non-hydrogen) atoms. The van der Waals surface area contributed by atoms with Gasteiger partial charge >= 0.3 is 12.1 Å². The van der Waals surface area contributed by atoms with Crippen molar-refractivity contribution in [2.75, 3.05) is 0 Å². The standard InChI is InChI=1S/C17H16F3NO3/c18-17(19,20)14(15-21-12-3-1-2-4-13(12)23-15)24-16(22)11-8-9-5-6-10(11)7-9/h1-4,9-11,14H,5-8H2/t9-,10-,11+,14-/m0/s1. The van der Waals surface area contributed by atoms with Crippen LogP contribution in [0.25, 0.3) is 11.1 Å². The van der Waals surface area contributed by atoms with Gasteiger partial charge in [0.2, 0.25) is 5.89 Å². The lowest BCUT2D eigenvalue weighted by molar-refractivity contribution is -0.232. The minimum absolute atomic E-state index is 0.153. The number of nitrogens with zero attached hydrogens (tertiary/aromatic N) is 1. The van der Waals surface area contributed by atoms with Gasteiger partial charge < -0.3 is 9.15 Å². The first kappa shape index (κ1) is 15.5. The Labute approximate surface area is 136 Å². The van der Waals surface area contributed by atoms with Crippen molar-refractivity contribution < 1.29 is 27.1 Å². The second-order valence-corrected chi connectivity index (χ2v) is 6.66. The van der Waals surface area contributed by atoms with Gasteiger partial charge in [0.05, 0.1) is 5.92 Å². The Kier molecular flexibility index (Phi) is 3.54.